The summed E-state index contributed by atoms with van der Waals surface area (Å²) >= 11 is 0. The minimum atomic E-state index is -3.93. The molecule has 1 aliphatic rings. The number of nitrogens with zero attached hydrogens (tertiary/aromatic N) is 5. The zero-order chi connectivity index (χ0) is 24.6. The van der Waals surface area contributed by atoms with Crippen molar-refractivity contribution in [3.8, 4) is 0 Å². The van der Waals surface area contributed by atoms with E-state index in [0.717, 1.165) is 33.9 Å². The highest BCUT2D eigenvalue weighted by molar-refractivity contribution is 7.89. The van der Waals surface area contributed by atoms with E-state index in [0.29, 0.717) is 12.8 Å². The number of halogens is 1. The first-order valence-electron chi connectivity index (χ1n) is 11.5. The van der Waals surface area contributed by atoms with Crippen LogP contribution in [0, 0.1) is 19.7 Å². The van der Waals surface area contributed by atoms with E-state index in [-0.39, 0.29) is 43.0 Å². The summed E-state index contributed by atoms with van der Waals surface area (Å²) in [5.74, 6) is -0.795. The Morgan fingerprint density at radius 3 is 2.44 bits per heavy atom. The van der Waals surface area contributed by atoms with Crippen molar-refractivity contribution in [1.29, 1.82) is 0 Å². The highest BCUT2D eigenvalue weighted by Gasteiger charge is 2.31. The quantitative estimate of drug-likeness (QED) is 0.533. The molecule has 0 radical (unpaired) electrons. The van der Waals surface area contributed by atoms with Gasteiger partial charge in [-0.15, -0.1) is 0 Å². The molecular formula is C24H30FN5O3S. The summed E-state index contributed by atoms with van der Waals surface area (Å²) in [6.45, 7) is 8.96. The van der Waals surface area contributed by atoms with Gasteiger partial charge in [0.2, 0.25) is 15.9 Å². The first kappa shape index (κ1) is 24.3. The van der Waals surface area contributed by atoms with E-state index in [2.05, 4.69) is 18.9 Å². The van der Waals surface area contributed by atoms with Crippen molar-refractivity contribution in [1.82, 2.24) is 24.0 Å². The molecule has 0 atom stereocenters. The van der Waals surface area contributed by atoms with Crippen molar-refractivity contribution < 1.29 is 17.6 Å². The molecule has 1 aromatic carbocycles. The van der Waals surface area contributed by atoms with Crippen LogP contribution in [0.3, 0.4) is 0 Å². The van der Waals surface area contributed by atoms with E-state index in [1.165, 1.54) is 22.5 Å². The van der Waals surface area contributed by atoms with E-state index in [1.807, 2.05) is 24.7 Å². The van der Waals surface area contributed by atoms with Gasteiger partial charge >= 0.3 is 0 Å². The van der Waals surface area contributed by atoms with Crippen LogP contribution in [0.25, 0.3) is 11.0 Å². The molecular weight excluding hydrogens is 457 g/mol. The summed E-state index contributed by atoms with van der Waals surface area (Å²) in [4.78, 5) is 19.0. The Kier molecular flexibility index (Phi) is 6.73. The largest absolute Gasteiger partial charge is 0.340 e. The maximum Gasteiger partial charge on any atom is 0.246 e. The first-order chi connectivity index (χ1) is 16.1. The zero-order valence-electron chi connectivity index (χ0n) is 20.0. The Bertz CT molecular complexity index is 1330. The van der Waals surface area contributed by atoms with Gasteiger partial charge in [0.1, 0.15) is 10.7 Å². The Labute approximate surface area is 199 Å². The Hall–Kier alpha value is -2.85. The van der Waals surface area contributed by atoms with Gasteiger partial charge in [0.25, 0.3) is 0 Å². The monoisotopic (exact) mass is 487 g/mol. The SMILES string of the molecule is Cc1nc2c(cnn2C(C)C)c(C)c1CCC(=O)N1CCN(S(=O)(=O)c2ccccc2F)CC1. The van der Waals surface area contributed by atoms with Gasteiger partial charge in [0.15, 0.2) is 5.65 Å². The number of hydrogen-bond acceptors (Lipinski definition) is 5. The van der Waals surface area contributed by atoms with Crippen LogP contribution in [0.4, 0.5) is 4.39 Å². The lowest BCUT2D eigenvalue weighted by Crippen LogP contribution is -2.50. The van der Waals surface area contributed by atoms with Gasteiger partial charge in [0.05, 0.1) is 6.20 Å². The highest BCUT2D eigenvalue weighted by atomic mass is 32.2. The summed E-state index contributed by atoms with van der Waals surface area (Å²) in [7, 11) is -3.93. The van der Waals surface area contributed by atoms with Gasteiger partial charge in [-0.2, -0.15) is 9.40 Å². The molecule has 3 heterocycles. The maximum absolute atomic E-state index is 14.0. The number of rotatable bonds is 6. The number of piperazine rings is 1. The summed E-state index contributed by atoms with van der Waals surface area (Å²) in [6.07, 6.45) is 2.70. The fourth-order valence-corrected chi connectivity index (χ4v) is 5.99. The van der Waals surface area contributed by atoms with Crippen LogP contribution in [-0.2, 0) is 21.2 Å². The number of carbonyl (C=O) groups excluding carboxylic acids is 1. The van der Waals surface area contributed by atoms with Crippen LogP contribution < -0.4 is 0 Å². The molecule has 182 valence electrons. The number of hydrogen-bond donors (Lipinski definition) is 0. The predicted molar refractivity (Wildman–Crippen MR) is 127 cm³/mol. The maximum atomic E-state index is 14.0. The van der Waals surface area contributed by atoms with E-state index in [4.69, 9.17) is 4.98 Å². The molecule has 0 spiro atoms. The number of sulfonamides is 1. The molecule has 0 saturated carbocycles. The number of carbonyl (C=O) groups is 1. The Morgan fingerprint density at radius 2 is 1.79 bits per heavy atom. The number of aromatic nitrogens is 3. The molecule has 3 aromatic rings. The number of benzene rings is 1. The minimum absolute atomic E-state index is 0.0280. The molecule has 0 unspecified atom stereocenters. The standard InChI is InChI=1S/C24H30FN5O3S/c1-16(2)30-24-20(15-26-30)17(3)19(18(4)27-24)9-10-23(31)28-11-13-29(14-12-28)34(32,33)22-8-6-5-7-21(22)25/h5-8,15-16H,9-14H2,1-4H3. The van der Waals surface area contributed by atoms with Gasteiger partial charge in [-0.25, -0.2) is 22.5 Å². The van der Waals surface area contributed by atoms with E-state index < -0.39 is 15.8 Å². The number of aryl methyl sites for hydroxylation is 2. The second-order valence-corrected chi connectivity index (χ2v) is 10.8. The summed E-state index contributed by atoms with van der Waals surface area (Å²) in [6, 6.07) is 5.56. The topological polar surface area (TPSA) is 88.4 Å². The van der Waals surface area contributed by atoms with E-state index in [9.17, 15) is 17.6 Å². The summed E-state index contributed by atoms with van der Waals surface area (Å²) < 4.78 is 42.8. The van der Waals surface area contributed by atoms with Crippen molar-refractivity contribution in [3.63, 3.8) is 0 Å². The molecule has 0 bridgehead atoms. The Balaban J connectivity index is 1.41. The van der Waals surface area contributed by atoms with Crippen LogP contribution in [0.15, 0.2) is 35.4 Å². The average molecular weight is 488 g/mol. The van der Waals surface area contributed by atoms with Crippen molar-refractivity contribution in [2.24, 2.45) is 0 Å². The molecule has 10 heteroatoms. The summed E-state index contributed by atoms with van der Waals surface area (Å²) in [5.41, 5.74) is 3.88. The third-order valence-electron chi connectivity index (χ3n) is 6.46. The van der Waals surface area contributed by atoms with Crippen LogP contribution in [0.1, 0.15) is 43.1 Å². The molecule has 8 nitrogen and oxygen atoms in total. The molecule has 0 N–H and O–H groups in total. The number of fused-ring (bicyclic) bond motifs is 1. The van der Waals surface area contributed by atoms with Gasteiger partial charge in [0, 0.05) is 49.7 Å². The molecule has 4 rings (SSSR count). The molecule has 1 fully saturated rings. The minimum Gasteiger partial charge on any atom is -0.340 e. The summed E-state index contributed by atoms with van der Waals surface area (Å²) in [5, 5.41) is 5.46. The predicted octanol–water partition coefficient (Wildman–Crippen LogP) is 3.23. The molecule has 1 aliphatic heterocycles. The zero-order valence-corrected chi connectivity index (χ0v) is 20.8. The van der Waals surface area contributed by atoms with Gasteiger partial charge in [-0.3, -0.25) is 4.79 Å². The molecule has 1 amide bonds. The lowest BCUT2D eigenvalue weighted by Gasteiger charge is -2.34. The normalized spacial score (nSPS) is 15.4. The third kappa shape index (κ3) is 4.44. The van der Waals surface area contributed by atoms with E-state index in [1.54, 1.807) is 4.90 Å². The fourth-order valence-electron chi connectivity index (χ4n) is 4.50. The number of pyridine rings is 1. The average Bonchev–Trinajstić information content (AvgIpc) is 3.23. The molecule has 1 saturated heterocycles. The second-order valence-electron chi connectivity index (χ2n) is 8.94. The Morgan fingerprint density at radius 1 is 1.12 bits per heavy atom. The van der Waals surface area contributed by atoms with Crippen LogP contribution >= 0.6 is 0 Å². The van der Waals surface area contributed by atoms with Crippen LogP contribution in [-0.4, -0.2) is 64.5 Å². The second kappa shape index (κ2) is 9.42. The van der Waals surface area contributed by atoms with Crippen molar-refractivity contribution in [3.05, 3.63) is 53.1 Å². The first-order valence-corrected chi connectivity index (χ1v) is 12.9. The smallest absolute Gasteiger partial charge is 0.246 e. The lowest BCUT2D eigenvalue weighted by molar-refractivity contribution is -0.132. The number of amides is 1. The fraction of sp³-hybridized carbons (Fsp3) is 0.458. The van der Waals surface area contributed by atoms with Crippen molar-refractivity contribution in [2.75, 3.05) is 26.2 Å². The third-order valence-corrected chi connectivity index (χ3v) is 8.39. The van der Waals surface area contributed by atoms with Crippen molar-refractivity contribution >= 4 is 27.0 Å². The molecule has 0 aliphatic carbocycles. The van der Waals surface area contributed by atoms with Crippen LogP contribution in [0.5, 0.6) is 0 Å². The van der Waals surface area contributed by atoms with Gasteiger partial charge in [-0.1, -0.05) is 12.1 Å². The lowest BCUT2D eigenvalue weighted by atomic mass is 10.00. The van der Waals surface area contributed by atoms with Crippen molar-refractivity contribution in [2.45, 2.75) is 51.5 Å². The molecule has 2 aromatic heterocycles. The van der Waals surface area contributed by atoms with Crippen LogP contribution in [0.2, 0.25) is 0 Å². The highest BCUT2D eigenvalue weighted by Crippen LogP contribution is 2.26. The van der Waals surface area contributed by atoms with Gasteiger partial charge in [-0.05, 0) is 57.4 Å². The van der Waals surface area contributed by atoms with E-state index >= 15 is 0 Å². The van der Waals surface area contributed by atoms with Gasteiger partial charge < -0.3 is 4.90 Å². The molecule has 34 heavy (non-hydrogen) atoms.